The number of rotatable bonds is 12. The maximum atomic E-state index is 13.7. The second-order valence-electron chi connectivity index (χ2n) is 12.2. The van der Waals surface area contributed by atoms with Crippen molar-refractivity contribution >= 4 is 52.3 Å². The van der Waals surface area contributed by atoms with E-state index in [0.29, 0.717) is 44.1 Å². The standard InChI is InChI=1S/C36H35Cl2F2N3O6S.H2O/c1-46-29-8-6-22(15-31(29)47-2)30(16-26-27(37)17-41-18-28(26)38)48-35(44)33-9-7-25(50-33)19-43(24-5-3-4-23(14-24)34(39)40)36(45)49-32-20-42-12-10-21(32)11-13-42;/h3-9,14-15,17-18,21,30,32,34H,10-13,16,19-20H2,1-2H3;1H2/t30-,32-;/m0./s1. The van der Waals surface area contributed by atoms with E-state index < -0.39 is 24.6 Å². The number of nitrogens with zero attached hydrogens (tertiary/aromatic N) is 2. The molecule has 0 saturated carbocycles. The number of pyridine rings is 1. The van der Waals surface area contributed by atoms with Crippen molar-refractivity contribution in [2.75, 3.05) is 38.8 Å². The van der Waals surface area contributed by atoms with Gasteiger partial charge < -0.3 is 24.4 Å². The van der Waals surface area contributed by atoms with Crippen LogP contribution in [0.2, 0.25) is 10.0 Å². The third-order valence-electron chi connectivity index (χ3n) is 9.09. The van der Waals surface area contributed by atoms with Gasteiger partial charge in [0.15, 0.2) is 23.9 Å². The van der Waals surface area contributed by atoms with Crippen molar-refractivity contribution in [2.24, 2.45) is 5.92 Å². The predicted molar refractivity (Wildman–Crippen MR) is 188 cm³/mol. The number of hydrogen-bond donors (Lipinski definition) is 0. The van der Waals surface area contributed by atoms with E-state index in [1.54, 1.807) is 48.8 Å². The molecule has 2 aromatic carbocycles. The number of piperidine rings is 3. The highest BCUT2D eigenvalue weighted by Gasteiger charge is 2.37. The summed E-state index contributed by atoms with van der Waals surface area (Å²) in [4.78, 5) is 34.8. The number of H-pyrrole nitrogens is 1. The third kappa shape index (κ3) is 8.90. The normalized spacial score (nSPS) is 18.5. The lowest BCUT2D eigenvalue weighted by molar-refractivity contribution is -0.377. The average molecular weight is 765 g/mol. The van der Waals surface area contributed by atoms with Crippen LogP contribution in [0.15, 0.2) is 67.0 Å². The van der Waals surface area contributed by atoms with Gasteiger partial charge >= 0.3 is 12.1 Å². The first-order valence-corrected chi connectivity index (χ1v) is 17.6. The van der Waals surface area contributed by atoms with Crippen LogP contribution < -0.4 is 19.4 Å². The van der Waals surface area contributed by atoms with E-state index >= 15 is 0 Å². The Morgan fingerprint density at radius 2 is 1.71 bits per heavy atom. The summed E-state index contributed by atoms with van der Waals surface area (Å²) < 4.78 is 50.3. The van der Waals surface area contributed by atoms with Gasteiger partial charge in [-0.3, -0.25) is 9.80 Å². The summed E-state index contributed by atoms with van der Waals surface area (Å²) in [6.07, 6.45) is 0.781. The second-order valence-corrected chi connectivity index (χ2v) is 14.1. The van der Waals surface area contributed by atoms with E-state index in [4.69, 9.17) is 42.1 Å². The number of nitrogens with one attached hydrogen (secondary N) is 1. The first-order valence-electron chi connectivity index (χ1n) is 16.1. The Labute approximate surface area is 308 Å². The Balaban J connectivity index is 0.00000504. The first kappa shape index (κ1) is 38.2. The second kappa shape index (κ2) is 17.0. The van der Waals surface area contributed by atoms with Crippen molar-refractivity contribution in [3.8, 4) is 11.5 Å². The number of aromatic amines is 1. The lowest BCUT2D eigenvalue weighted by Crippen LogP contribution is -2.53. The number of methoxy groups -OCH3 is 2. The number of ether oxygens (including phenoxy) is 4. The molecule has 2 N–H and O–H groups in total. The van der Waals surface area contributed by atoms with Crippen LogP contribution in [-0.4, -0.2) is 62.4 Å². The molecule has 0 aliphatic carbocycles. The summed E-state index contributed by atoms with van der Waals surface area (Å²) in [7, 11) is 3.04. The zero-order valence-corrected chi connectivity index (χ0v) is 30.1. The quantitative estimate of drug-likeness (QED) is 0.133. The number of fused-ring (bicyclic) bond motifs is 3. The maximum Gasteiger partial charge on any atom is 0.414 e. The van der Waals surface area contributed by atoms with Gasteiger partial charge in [0.1, 0.15) is 27.1 Å². The van der Waals surface area contributed by atoms with Crippen LogP contribution in [-0.2, 0) is 22.4 Å². The minimum absolute atomic E-state index is 0. The summed E-state index contributed by atoms with van der Waals surface area (Å²) in [5.74, 6) is 0.602. The summed E-state index contributed by atoms with van der Waals surface area (Å²) >= 11 is 14.1. The van der Waals surface area contributed by atoms with Crippen LogP contribution in [0, 0.1) is 5.92 Å². The van der Waals surface area contributed by atoms with Crippen LogP contribution in [0.25, 0.3) is 0 Å². The van der Waals surface area contributed by atoms with Gasteiger partial charge in [-0.15, -0.1) is 11.3 Å². The molecule has 0 unspecified atom stereocenters. The number of amides is 1. The van der Waals surface area contributed by atoms with Gasteiger partial charge in [-0.2, -0.15) is 0 Å². The molecule has 2 atom stereocenters. The Hall–Kier alpha value is -4.01. The largest absolute Gasteiger partial charge is 0.870 e. The zero-order chi connectivity index (χ0) is 35.4. The SMILES string of the molecule is COc1ccc([C@H](Cc2c(Cl)c[nH+]cc2Cl)OC(=O)c2ccc(CN(C(=O)O[C@H]3CN4CCC3CC4)c3cccc(C(F)F)c3)s2)cc1OC.[OH-]. The van der Waals surface area contributed by atoms with Gasteiger partial charge in [0, 0.05) is 34.7 Å². The number of benzene rings is 2. The molecule has 2 bridgehead atoms. The molecular formula is C36H37Cl2F2N3O7S. The summed E-state index contributed by atoms with van der Waals surface area (Å²) in [5, 5.41) is 0.747. The van der Waals surface area contributed by atoms with Crippen molar-refractivity contribution in [1.82, 2.24) is 4.90 Å². The Morgan fingerprint density at radius 1 is 0.980 bits per heavy atom. The number of anilines is 1. The molecule has 3 aliphatic heterocycles. The van der Waals surface area contributed by atoms with Gasteiger partial charge in [0.2, 0.25) is 0 Å². The molecule has 3 aliphatic rings. The molecule has 5 heterocycles. The lowest BCUT2D eigenvalue weighted by atomic mass is 9.86. The Bertz CT molecular complexity index is 1820. The molecule has 272 valence electrons. The summed E-state index contributed by atoms with van der Waals surface area (Å²) in [5.41, 5.74) is 1.26. The molecular weight excluding hydrogens is 727 g/mol. The number of aromatic nitrogens is 1. The number of alkyl halides is 2. The summed E-state index contributed by atoms with van der Waals surface area (Å²) in [6, 6.07) is 14.2. The fourth-order valence-electron chi connectivity index (χ4n) is 6.38. The Kier molecular flexibility index (Phi) is 12.7. The number of carbonyl (C=O) groups is 2. The first-order chi connectivity index (χ1) is 24.1. The molecule has 1 amide bonds. The van der Waals surface area contributed by atoms with Crippen LogP contribution in [0.5, 0.6) is 11.5 Å². The van der Waals surface area contributed by atoms with Crippen molar-refractivity contribution in [1.29, 1.82) is 0 Å². The molecule has 7 rings (SSSR count). The van der Waals surface area contributed by atoms with Gasteiger partial charge in [-0.1, -0.05) is 41.4 Å². The topological polar surface area (TPSA) is 122 Å². The van der Waals surface area contributed by atoms with Gasteiger partial charge in [0.05, 0.1) is 20.8 Å². The number of carbonyl (C=O) groups excluding carboxylic acids is 2. The molecule has 3 saturated heterocycles. The predicted octanol–water partition coefficient (Wildman–Crippen LogP) is 8.03. The van der Waals surface area contributed by atoms with Crippen molar-refractivity contribution in [3.05, 3.63) is 103 Å². The molecule has 2 aromatic heterocycles. The third-order valence-corrected chi connectivity index (χ3v) is 10.8. The zero-order valence-electron chi connectivity index (χ0n) is 27.8. The van der Waals surface area contributed by atoms with E-state index in [2.05, 4.69) is 9.88 Å². The van der Waals surface area contributed by atoms with Gasteiger partial charge in [-0.05, 0) is 73.8 Å². The fraction of sp³-hybridized carbons (Fsp3) is 0.361. The number of thiophene rings is 1. The van der Waals surface area contributed by atoms with Crippen LogP contribution in [0.1, 0.15) is 56.6 Å². The van der Waals surface area contributed by atoms with Crippen molar-refractivity contribution < 1.29 is 47.8 Å². The highest BCUT2D eigenvalue weighted by atomic mass is 35.5. The van der Waals surface area contributed by atoms with E-state index in [0.717, 1.165) is 37.3 Å². The van der Waals surface area contributed by atoms with Crippen LogP contribution in [0.3, 0.4) is 0 Å². The van der Waals surface area contributed by atoms with Gasteiger partial charge in [0.25, 0.3) is 6.43 Å². The van der Waals surface area contributed by atoms with Crippen LogP contribution in [0.4, 0.5) is 19.3 Å². The molecule has 0 spiro atoms. The smallest absolute Gasteiger partial charge is 0.414 e. The molecule has 4 aromatic rings. The number of esters is 1. The lowest BCUT2D eigenvalue weighted by Gasteiger charge is -2.44. The molecule has 15 heteroatoms. The highest BCUT2D eigenvalue weighted by molar-refractivity contribution is 7.14. The molecule has 10 nitrogen and oxygen atoms in total. The van der Waals surface area contributed by atoms with Crippen LogP contribution >= 0.6 is 34.5 Å². The van der Waals surface area contributed by atoms with E-state index in [1.807, 2.05) is 0 Å². The summed E-state index contributed by atoms with van der Waals surface area (Å²) in [6.45, 7) is 2.60. The monoisotopic (exact) mass is 763 g/mol. The van der Waals surface area contributed by atoms with E-state index in [9.17, 15) is 18.4 Å². The van der Waals surface area contributed by atoms with E-state index in [1.165, 1.54) is 37.3 Å². The minimum Gasteiger partial charge on any atom is -0.870 e. The number of halogens is 4. The van der Waals surface area contributed by atoms with Crippen molar-refractivity contribution in [2.45, 2.75) is 44.4 Å². The molecule has 0 radical (unpaired) electrons. The minimum atomic E-state index is -2.71. The molecule has 3 fully saturated rings. The van der Waals surface area contributed by atoms with Crippen molar-refractivity contribution in [3.63, 3.8) is 0 Å². The fourth-order valence-corrected chi connectivity index (χ4v) is 7.79. The molecule has 51 heavy (non-hydrogen) atoms. The van der Waals surface area contributed by atoms with E-state index in [-0.39, 0.29) is 46.6 Å². The van der Waals surface area contributed by atoms with Gasteiger partial charge in [-0.25, -0.2) is 23.4 Å². The maximum absolute atomic E-state index is 13.7. The average Bonchev–Trinajstić information content (AvgIpc) is 3.61. The Morgan fingerprint density at radius 3 is 2.35 bits per heavy atom. The highest BCUT2D eigenvalue weighted by Crippen LogP contribution is 2.37. The number of hydrogen-bond acceptors (Lipinski definition) is 9.